The number of amides is 1. The highest BCUT2D eigenvalue weighted by Crippen LogP contribution is 2.30. The summed E-state index contributed by atoms with van der Waals surface area (Å²) in [5, 5.41) is 10.2. The van der Waals surface area contributed by atoms with Crippen LogP contribution in [0.1, 0.15) is 50.4 Å². The zero-order valence-electron chi connectivity index (χ0n) is 27.6. The molecule has 0 bridgehead atoms. The van der Waals surface area contributed by atoms with Gasteiger partial charge in [0.25, 0.3) is 15.9 Å². The third-order valence-electron chi connectivity index (χ3n) is 8.32. The average molecular weight is 706 g/mol. The number of nitrogens with zero attached hydrogens (tertiary/aromatic N) is 2. The third kappa shape index (κ3) is 9.32. The molecule has 0 aromatic heterocycles. The second kappa shape index (κ2) is 16.2. The minimum Gasteiger partial charge on any atom is -0.490 e. The van der Waals surface area contributed by atoms with Crippen molar-refractivity contribution in [1.82, 2.24) is 9.21 Å². The molecule has 1 heterocycles. The van der Waals surface area contributed by atoms with Crippen LogP contribution in [0.4, 0.5) is 10.1 Å². The Morgan fingerprint density at radius 2 is 1.69 bits per heavy atom. The Balaban J connectivity index is 1.68. The fourth-order valence-electron chi connectivity index (χ4n) is 5.40. The fraction of sp³-hybridized carbons (Fsp3) is 0.441. The van der Waals surface area contributed by atoms with Crippen LogP contribution < -0.4 is 9.46 Å². The molecule has 0 spiro atoms. The number of nitrogens with one attached hydrogen (secondary N) is 1. The van der Waals surface area contributed by atoms with Gasteiger partial charge < -0.3 is 19.5 Å². The number of hydrogen-bond acceptors (Lipinski definition) is 8. The Morgan fingerprint density at radius 3 is 2.35 bits per heavy atom. The van der Waals surface area contributed by atoms with Gasteiger partial charge in [-0.25, -0.2) is 21.2 Å². The molecule has 2 N–H and O–H groups in total. The number of benzene rings is 3. The minimum atomic E-state index is -4.12. The zero-order valence-corrected chi connectivity index (χ0v) is 29.2. The quantitative estimate of drug-likeness (QED) is 0.325. The summed E-state index contributed by atoms with van der Waals surface area (Å²) in [5.74, 6) is -1.24. The number of likely N-dealkylation sites (N-methyl/N-ethyl adjacent to an activating group) is 1. The lowest BCUT2D eigenvalue weighted by molar-refractivity contribution is -0.00833. The molecule has 0 fully saturated rings. The summed E-state index contributed by atoms with van der Waals surface area (Å²) in [6.45, 7) is 5.53. The van der Waals surface area contributed by atoms with Gasteiger partial charge in [0.2, 0.25) is 10.0 Å². The number of halogens is 1. The summed E-state index contributed by atoms with van der Waals surface area (Å²) in [6.07, 6.45) is 1.17. The fourth-order valence-corrected chi connectivity index (χ4v) is 7.65. The van der Waals surface area contributed by atoms with Gasteiger partial charge >= 0.3 is 0 Å². The standard InChI is InChI=1S/C34H44FN3O8S2/c1-24-21-38(25(2)23-39)34(40)31-20-28(36-47(41,42)29-16-13-27(35)14-17-29)15-18-32(31)46-26(3)10-8-9-19-45-33(24)22-37(4)48(43,44)30-11-6-5-7-12-30/h5-7,11-18,20,24-26,33,36,39H,8-10,19,21-23H2,1-4H3/t24-,25+,26+,33+/m1/s1. The average Bonchev–Trinajstić information content (AvgIpc) is 3.06. The highest BCUT2D eigenvalue weighted by molar-refractivity contribution is 7.92. The summed E-state index contributed by atoms with van der Waals surface area (Å²) in [7, 11) is -6.44. The van der Waals surface area contributed by atoms with Gasteiger partial charge in [-0.3, -0.25) is 9.52 Å². The van der Waals surface area contributed by atoms with Crippen molar-refractivity contribution in [3.63, 3.8) is 0 Å². The van der Waals surface area contributed by atoms with E-state index in [1.165, 1.54) is 46.6 Å². The van der Waals surface area contributed by atoms with Gasteiger partial charge in [-0.15, -0.1) is 0 Å². The molecule has 3 aromatic rings. The number of fused-ring (bicyclic) bond motifs is 1. The highest BCUT2D eigenvalue weighted by atomic mass is 32.2. The Kier molecular flexibility index (Phi) is 12.6. The van der Waals surface area contributed by atoms with Crippen molar-refractivity contribution in [3.05, 3.63) is 84.2 Å². The normalized spacial score (nSPS) is 20.8. The molecule has 11 nitrogen and oxygen atoms in total. The van der Waals surface area contributed by atoms with Crippen LogP contribution in [0.5, 0.6) is 5.75 Å². The summed E-state index contributed by atoms with van der Waals surface area (Å²) >= 11 is 0. The van der Waals surface area contributed by atoms with Gasteiger partial charge in [-0.1, -0.05) is 25.1 Å². The number of rotatable bonds is 9. The van der Waals surface area contributed by atoms with Crippen LogP contribution in [0.15, 0.2) is 82.6 Å². The van der Waals surface area contributed by atoms with Crippen molar-refractivity contribution in [2.75, 3.05) is 38.1 Å². The molecule has 0 aliphatic carbocycles. The monoisotopic (exact) mass is 705 g/mol. The smallest absolute Gasteiger partial charge is 0.261 e. The van der Waals surface area contributed by atoms with Gasteiger partial charge in [0, 0.05) is 38.3 Å². The molecule has 48 heavy (non-hydrogen) atoms. The van der Waals surface area contributed by atoms with Gasteiger partial charge in [-0.05, 0) is 87.7 Å². The van der Waals surface area contributed by atoms with Crippen molar-refractivity contribution in [1.29, 1.82) is 0 Å². The second-order valence-corrected chi connectivity index (χ2v) is 15.9. The SMILES string of the molecule is C[C@@H]1CN([C@@H](C)CO)C(=O)c2cc(NS(=O)(=O)c3ccc(F)cc3)ccc2O[C@@H](C)CCCCO[C@H]1CN(C)S(=O)(=O)c1ccccc1. The van der Waals surface area contributed by atoms with E-state index in [-0.39, 0.29) is 58.5 Å². The number of anilines is 1. The van der Waals surface area contributed by atoms with E-state index >= 15 is 0 Å². The molecular weight excluding hydrogens is 662 g/mol. The van der Waals surface area contributed by atoms with Crippen molar-refractivity contribution in [3.8, 4) is 5.75 Å². The molecule has 3 aromatic carbocycles. The Hall–Kier alpha value is -3.56. The maximum absolute atomic E-state index is 14.3. The Morgan fingerprint density at radius 1 is 1.00 bits per heavy atom. The Labute approximate surface area is 282 Å². The van der Waals surface area contributed by atoms with Crippen molar-refractivity contribution in [2.45, 2.75) is 68.1 Å². The van der Waals surface area contributed by atoms with Crippen molar-refractivity contribution >= 4 is 31.6 Å². The first-order valence-electron chi connectivity index (χ1n) is 15.9. The van der Waals surface area contributed by atoms with Crippen LogP contribution in [0.3, 0.4) is 0 Å². The van der Waals surface area contributed by atoms with Crippen LogP contribution >= 0.6 is 0 Å². The number of ether oxygens (including phenoxy) is 2. The maximum Gasteiger partial charge on any atom is 0.261 e. The summed E-state index contributed by atoms with van der Waals surface area (Å²) in [5.41, 5.74) is 0.161. The van der Waals surface area contributed by atoms with E-state index in [9.17, 15) is 31.1 Å². The first kappa shape index (κ1) is 37.3. The van der Waals surface area contributed by atoms with Gasteiger partial charge in [-0.2, -0.15) is 4.31 Å². The van der Waals surface area contributed by atoms with E-state index in [1.807, 2.05) is 13.8 Å². The van der Waals surface area contributed by atoms with Gasteiger partial charge in [0.05, 0.1) is 40.2 Å². The van der Waals surface area contributed by atoms with E-state index in [0.29, 0.717) is 19.4 Å². The zero-order chi connectivity index (χ0) is 35.1. The molecule has 0 saturated heterocycles. The molecular formula is C34H44FN3O8S2. The summed E-state index contributed by atoms with van der Waals surface area (Å²) < 4.78 is 82.5. The van der Waals surface area contributed by atoms with E-state index < -0.39 is 43.9 Å². The lowest BCUT2D eigenvalue weighted by Gasteiger charge is -2.35. The number of hydrogen-bond donors (Lipinski definition) is 2. The molecule has 1 aliphatic heterocycles. The molecule has 14 heteroatoms. The molecule has 262 valence electrons. The van der Waals surface area contributed by atoms with Crippen molar-refractivity contribution in [2.24, 2.45) is 5.92 Å². The molecule has 0 radical (unpaired) electrons. The number of carbonyl (C=O) groups is 1. The lowest BCUT2D eigenvalue weighted by atomic mass is 10.0. The van der Waals surface area contributed by atoms with Crippen LogP contribution in [0.2, 0.25) is 0 Å². The van der Waals surface area contributed by atoms with E-state index in [4.69, 9.17) is 9.47 Å². The third-order valence-corrected chi connectivity index (χ3v) is 11.6. The largest absolute Gasteiger partial charge is 0.490 e. The molecule has 1 amide bonds. The van der Waals surface area contributed by atoms with Crippen molar-refractivity contribution < 1.29 is 40.6 Å². The van der Waals surface area contributed by atoms with Crippen LogP contribution in [0.25, 0.3) is 0 Å². The van der Waals surface area contributed by atoms with E-state index in [2.05, 4.69) is 4.72 Å². The van der Waals surface area contributed by atoms with Gasteiger partial charge in [0.15, 0.2) is 0 Å². The topological polar surface area (TPSA) is 143 Å². The molecule has 0 saturated carbocycles. The minimum absolute atomic E-state index is 0.0271. The number of aliphatic hydroxyl groups is 1. The van der Waals surface area contributed by atoms with Crippen LogP contribution in [0, 0.1) is 11.7 Å². The van der Waals surface area contributed by atoms with Gasteiger partial charge in [0.1, 0.15) is 11.6 Å². The molecule has 4 rings (SSSR count). The van der Waals surface area contributed by atoms with E-state index in [0.717, 1.165) is 30.7 Å². The summed E-state index contributed by atoms with van der Waals surface area (Å²) in [4.78, 5) is 15.8. The molecule has 4 atom stereocenters. The van der Waals surface area contributed by atoms with Crippen LogP contribution in [-0.4, -0.2) is 88.7 Å². The Bertz CT molecular complexity index is 1740. The molecule has 1 aliphatic rings. The lowest BCUT2D eigenvalue weighted by Crippen LogP contribution is -2.48. The second-order valence-electron chi connectivity index (χ2n) is 12.2. The number of carbonyl (C=O) groups excluding carboxylic acids is 1. The summed E-state index contributed by atoms with van der Waals surface area (Å²) in [6, 6.07) is 16.2. The predicted octanol–water partition coefficient (Wildman–Crippen LogP) is 4.74. The molecule has 0 unspecified atom stereocenters. The first-order chi connectivity index (χ1) is 22.7. The maximum atomic E-state index is 14.3. The first-order valence-corrected chi connectivity index (χ1v) is 18.8. The van der Waals surface area contributed by atoms with Crippen LogP contribution in [-0.2, 0) is 24.8 Å². The predicted molar refractivity (Wildman–Crippen MR) is 180 cm³/mol. The van der Waals surface area contributed by atoms with E-state index in [1.54, 1.807) is 25.1 Å². The number of sulfonamides is 2. The highest BCUT2D eigenvalue weighted by Gasteiger charge is 2.32. The number of aliphatic hydroxyl groups excluding tert-OH is 1.